The van der Waals surface area contributed by atoms with E-state index in [1.807, 2.05) is 0 Å². The van der Waals surface area contributed by atoms with E-state index in [1.165, 1.54) is 0 Å². The van der Waals surface area contributed by atoms with Crippen LogP contribution in [-0.2, 0) is 13.6 Å². The highest BCUT2D eigenvalue weighted by Gasteiger charge is 2.21. The summed E-state index contributed by atoms with van der Waals surface area (Å²) < 4.78 is 21.9. The van der Waals surface area contributed by atoms with Gasteiger partial charge in [0.05, 0.1) is 0 Å². The molecule has 3 nitrogen and oxygen atoms in total. The summed E-state index contributed by atoms with van der Waals surface area (Å²) in [5.41, 5.74) is 0. The molecule has 0 unspecified atom stereocenters. The Bertz CT molecular complexity index is 181. The maximum atomic E-state index is 11.5. The summed E-state index contributed by atoms with van der Waals surface area (Å²) in [5, 5.41) is 0. The van der Waals surface area contributed by atoms with Gasteiger partial charge < -0.3 is 0 Å². The van der Waals surface area contributed by atoms with Gasteiger partial charge in [-0.3, -0.25) is 0 Å². The molecule has 0 aliphatic carbocycles. The van der Waals surface area contributed by atoms with Crippen molar-refractivity contribution >= 4 is 8.25 Å². The summed E-state index contributed by atoms with van der Waals surface area (Å²) in [6.45, 7) is 9.82. The van der Waals surface area contributed by atoms with Gasteiger partial charge in [0.1, 0.15) is 13.2 Å². The fraction of sp³-hybridized carbons (Fsp3) is 1.00. The van der Waals surface area contributed by atoms with Gasteiger partial charge in [-0.25, -0.2) is 0 Å². The van der Waals surface area contributed by atoms with Crippen LogP contribution in [0.1, 0.15) is 66.2 Å². The SMILES string of the molecule is CCC(CC)CCO[P+](=O)OCCC(CC)CC. The molecule has 0 aromatic heterocycles. The lowest BCUT2D eigenvalue weighted by Crippen LogP contribution is -2.03. The lowest BCUT2D eigenvalue weighted by atomic mass is 10.0. The molecule has 0 spiro atoms. The second-order valence-corrected chi connectivity index (χ2v) is 5.80. The molecular formula is C14H30O3P+. The van der Waals surface area contributed by atoms with E-state index in [4.69, 9.17) is 9.05 Å². The van der Waals surface area contributed by atoms with Gasteiger partial charge in [0.2, 0.25) is 0 Å². The quantitative estimate of drug-likeness (QED) is 0.452. The van der Waals surface area contributed by atoms with Crippen molar-refractivity contribution in [3.63, 3.8) is 0 Å². The molecule has 0 aromatic rings. The van der Waals surface area contributed by atoms with Crippen LogP contribution >= 0.6 is 8.25 Å². The molecule has 0 amide bonds. The van der Waals surface area contributed by atoms with E-state index in [1.54, 1.807) is 0 Å². The van der Waals surface area contributed by atoms with Gasteiger partial charge in [-0.1, -0.05) is 53.4 Å². The summed E-state index contributed by atoms with van der Waals surface area (Å²) in [6.07, 6.45) is 6.59. The van der Waals surface area contributed by atoms with Gasteiger partial charge in [0.25, 0.3) is 0 Å². The van der Waals surface area contributed by atoms with Gasteiger partial charge in [-0.15, -0.1) is 9.05 Å². The average Bonchev–Trinajstić information content (AvgIpc) is 2.40. The smallest absolute Gasteiger partial charge is 0.119 e. The highest BCUT2D eigenvalue weighted by molar-refractivity contribution is 7.33. The van der Waals surface area contributed by atoms with Crippen molar-refractivity contribution in [3.05, 3.63) is 0 Å². The second kappa shape index (κ2) is 12.1. The van der Waals surface area contributed by atoms with Crippen LogP contribution in [0.25, 0.3) is 0 Å². The molecule has 0 saturated heterocycles. The fourth-order valence-electron chi connectivity index (χ4n) is 2.02. The Balaban J connectivity index is 3.54. The predicted octanol–water partition coefficient (Wildman–Crippen LogP) is 5.33. The maximum Gasteiger partial charge on any atom is 0.697 e. The Morgan fingerprint density at radius 2 is 1.11 bits per heavy atom. The van der Waals surface area contributed by atoms with Crippen molar-refractivity contribution < 1.29 is 13.6 Å². The summed E-state index contributed by atoms with van der Waals surface area (Å²) in [5.74, 6) is 1.36. The van der Waals surface area contributed by atoms with Crippen LogP contribution in [0, 0.1) is 11.8 Å². The van der Waals surface area contributed by atoms with Gasteiger partial charge in [0.15, 0.2) is 0 Å². The van der Waals surface area contributed by atoms with Crippen molar-refractivity contribution in [2.24, 2.45) is 11.8 Å². The minimum atomic E-state index is -1.91. The third-order valence-electron chi connectivity index (χ3n) is 3.75. The molecular weight excluding hydrogens is 247 g/mol. The van der Waals surface area contributed by atoms with Crippen LogP contribution in [0.2, 0.25) is 0 Å². The molecule has 0 atom stereocenters. The molecule has 0 radical (unpaired) electrons. The first kappa shape index (κ1) is 18.0. The molecule has 108 valence electrons. The molecule has 18 heavy (non-hydrogen) atoms. The number of hydrogen-bond acceptors (Lipinski definition) is 3. The molecule has 0 aliphatic rings. The average molecular weight is 277 g/mol. The first-order valence-electron chi connectivity index (χ1n) is 7.40. The van der Waals surface area contributed by atoms with Crippen LogP contribution in [-0.4, -0.2) is 13.2 Å². The first-order chi connectivity index (χ1) is 8.67. The van der Waals surface area contributed by atoms with Crippen LogP contribution in [0.3, 0.4) is 0 Å². The molecule has 0 fully saturated rings. The van der Waals surface area contributed by atoms with Gasteiger partial charge in [-0.05, 0) is 24.7 Å². The van der Waals surface area contributed by atoms with Crippen LogP contribution in [0.15, 0.2) is 0 Å². The molecule has 0 bridgehead atoms. The second-order valence-electron chi connectivity index (χ2n) is 4.83. The van der Waals surface area contributed by atoms with Crippen LogP contribution < -0.4 is 0 Å². The zero-order valence-corrected chi connectivity index (χ0v) is 13.4. The molecule has 0 aliphatic heterocycles. The van der Waals surface area contributed by atoms with E-state index < -0.39 is 8.25 Å². The largest absolute Gasteiger partial charge is 0.697 e. The monoisotopic (exact) mass is 277 g/mol. The highest BCUT2D eigenvalue weighted by Crippen LogP contribution is 2.26. The van der Waals surface area contributed by atoms with E-state index in [2.05, 4.69) is 27.7 Å². The Morgan fingerprint density at radius 1 is 0.778 bits per heavy atom. The van der Waals surface area contributed by atoms with E-state index >= 15 is 0 Å². The predicted molar refractivity (Wildman–Crippen MR) is 76.9 cm³/mol. The summed E-state index contributed by atoms with van der Waals surface area (Å²) in [4.78, 5) is 0. The van der Waals surface area contributed by atoms with Gasteiger partial charge in [0, 0.05) is 4.57 Å². The first-order valence-corrected chi connectivity index (χ1v) is 8.50. The van der Waals surface area contributed by atoms with E-state index in [0.717, 1.165) is 38.5 Å². The lowest BCUT2D eigenvalue weighted by Gasteiger charge is -2.09. The van der Waals surface area contributed by atoms with Crippen molar-refractivity contribution in [3.8, 4) is 0 Å². The summed E-state index contributed by atoms with van der Waals surface area (Å²) in [7, 11) is -1.91. The standard InChI is InChI=1S/C14H30O3P/c1-5-13(6-2)9-11-16-18(15)17-12-10-14(7-3)8-4/h13-14H,5-12H2,1-4H3/q+1. The van der Waals surface area contributed by atoms with E-state index in [-0.39, 0.29) is 0 Å². The van der Waals surface area contributed by atoms with Crippen LogP contribution in [0.5, 0.6) is 0 Å². The van der Waals surface area contributed by atoms with Gasteiger partial charge in [-0.2, -0.15) is 0 Å². The Kier molecular flexibility index (Phi) is 12.1. The highest BCUT2D eigenvalue weighted by atomic mass is 31.1. The Morgan fingerprint density at radius 3 is 1.39 bits per heavy atom. The normalized spacial score (nSPS) is 11.4. The van der Waals surface area contributed by atoms with E-state index in [0.29, 0.717) is 25.0 Å². The molecule has 0 heterocycles. The zero-order chi connectivity index (χ0) is 13.8. The van der Waals surface area contributed by atoms with Crippen molar-refractivity contribution in [2.45, 2.75) is 66.2 Å². The molecule has 0 aromatic carbocycles. The van der Waals surface area contributed by atoms with E-state index in [9.17, 15) is 4.57 Å². The number of rotatable bonds is 12. The maximum absolute atomic E-state index is 11.5. The third-order valence-corrected chi connectivity index (χ3v) is 4.54. The fourth-order valence-corrected chi connectivity index (χ4v) is 2.60. The zero-order valence-electron chi connectivity index (χ0n) is 12.5. The number of hydrogen-bond donors (Lipinski definition) is 0. The lowest BCUT2D eigenvalue weighted by molar-refractivity contribution is 0.199. The molecule has 4 heteroatoms. The van der Waals surface area contributed by atoms with Crippen molar-refractivity contribution in [1.29, 1.82) is 0 Å². The van der Waals surface area contributed by atoms with Crippen molar-refractivity contribution in [2.75, 3.05) is 13.2 Å². The Labute approximate surface area is 114 Å². The topological polar surface area (TPSA) is 35.5 Å². The van der Waals surface area contributed by atoms with Crippen LogP contribution in [0.4, 0.5) is 0 Å². The minimum absolute atomic E-state index is 0.548. The third kappa shape index (κ3) is 9.02. The molecule has 0 rings (SSSR count). The van der Waals surface area contributed by atoms with Gasteiger partial charge >= 0.3 is 8.25 Å². The summed E-state index contributed by atoms with van der Waals surface area (Å²) in [6, 6.07) is 0. The van der Waals surface area contributed by atoms with Crippen molar-refractivity contribution in [1.82, 2.24) is 0 Å². The molecule has 0 N–H and O–H groups in total. The molecule has 0 saturated carbocycles. The Hall–Kier alpha value is 0.0200. The summed E-state index contributed by atoms with van der Waals surface area (Å²) >= 11 is 0. The minimum Gasteiger partial charge on any atom is -0.119 e.